The Morgan fingerprint density at radius 3 is 2.78 bits per heavy atom. The molecular weight excluding hydrogens is 315 g/mol. The molecule has 3 N–H and O–H groups in total. The highest BCUT2D eigenvalue weighted by Gasteiger charge is 2.45. The molecule has 1 aliphatic rings. The predicted octanol–water partition coefficient (Wildman–Crippen LogP) is -1.11. The minimum absolute atomic E-state index is 0.0276. The van der Waals surface area contributed by atoms with Crippen LogP contribution in [0.15, 0.2) is 20.3 Å². The van der Waals surface area contributed by atoms with Crippen LogP contribution in [0.3, 0.4) is 0 Å². The van der Waals surface area contributed by atoms with Gasteiger partial charge in [-0.25, -0.2) is 9.18 Å². The lowest BCUT2D eigenvalue weighted by Crippen LogP contribution is -2.36. The summed E-state index contributed by atoms with van der Waals surface area (Å²) in [6, 6.07) is 0. The van der Waals surface area contributed by atoms with Crippen LogP contribution in [0.1, 0.15) is 6.23 Å². The molecule has 0 spiro atoms. The van der Waals surface area contributed by atoms with Crippen molar-refractivity contribution in [2.45, 2.75) is 24.6 Å². The molecule has 4 atom stereocenters. The summed E-state index contributed by atoms with van der Waals surface area (Å²) in [6.07, 6.45) is -4.83. The van der Waals surface area contributed by atoms with Crippen LogP contribution < -0.4 is 11.2 Å². The van der Waals surface area contributed by atoms with E-state index in [4.69, 9.17) is 9.84 Å². The molecule has 2 heterocycles. The van der Waals surface area contributed by atoms with Crippen molar-refractivity contribution in [2.75, 3.05) is 6.61 Å². The summed E-state index contributed by atoms with van der Waals surface area (Å²) in [7, 11) is 0. The number of hydrogen-bond donors (Lipinski definition) is 3. The van der Waals surface area contributed by atoms with Gasteiger partial charge in [-0.3, -0.25) is 14.3 Å². The van der Waals surface area contributed by atoms with Crippen LogP contribution in [-0.2, 0) is 4.74 Å². The zero-order valence-corrected chi connectivity index (χ0v) is 10.5. The first-order valence-electron chi connectivity index (χ1n) is 5.05. The molecule has 1 saturated heterocycles. The monoisotopic (exact) mass is 324 g/mol. The molecule has 1 aliphatic heterocycles. The van der Waals surface area contributed by atoms with Gasteiger partial charge in [0.05, 0.1) is 11.1 Å². The van der Waals surface area contributed by atoms with Crippen molar-refractivity contribution in [2.24, 2.45) is 0 Å². The van der Waals surface area contributed by atoms with Crippen molar-refractivity contribution in [3.63, 3.8) is 0 Å². The molecule has 0 aromatic carbocycles. The number of hydrogen-bond acceptors (Lipinski definition) is 5. The number of aromatic nitrogens is 2. The third-order valence-corrected chi connectivity index (χ3v) is 3.24. The summed E-state index contributed by atoms with van der Waals surface area (Å²) in [5.41, 5.74) is -1.51. The topological polar surface area (TPSA) is 105 Å². The summed E-state index contributed by atoms with van der Waals surface area (Å²) in [5, 5.41) is 18.3. The van der Waals surface area contributed by atoms with Gasteiger partial charge in [-0.2, -0.15) is 0 Å². The number of aliphatic hydroxyl groups excluding tert-OH is 2. The van der Waals surface area contributed by atoms with Crippen LogP contribution in [0.4, 0.5) is 4.39 Å². The number of aromatic amines is 1. The smallest absolute Gasteiger partial charge is 0.330 e. The number of ether oxygens (including phenoxy) is 1. The molecule has 7 nitrogen and oxygen atoms in total. The van der Waals surface area contributed by atoms with Gasteiger partial charge in [0.1, 0.15) is 12.2 Å². The Morgan fingerprint density at radius 1 is 1.56 bits per heavy atom. The summed E-state index contributed by atoms with van der Waals surface area (Å²) < 4.78 is 19.6. The van der Waals surface area contributed by atoms with Gasteiger partial charge in [0.15, 0.2) is 12.4 Å². The molecule has 1 unspecified atom stereocenters. The summed E-state index contributed by atoms with van der Waals surface area (Å²) in [5.74, 6) is 0. The number of nitrogens with one attached hydrogen (secondary N) is 1. The number of nitrogens with zero attached hydrogens (tertiary/aromatic N) is 1. The van der Waals surface area contributed by atoms with Gasteiger partial charge in [0, 0.05) is 6.20 Å². The third kappa shape index (κ3) is 2.14. The van der Waals surface area contributed by atoms with Crippen LogP contribution in [0, 0.1) is 0 Å². The Hall–Kier alpha value is -1.03. The Bertz CT molecular complexity index is 559. The number of halogens is 2. The average molecular weight is 325 g/mol. The molecule has 2 rings (SSSR count). The largest absolute Gasteiger partial charge is 0.394 e. The molecule has 1 aromatic heterocycles. The number of rotatable bonds is 2. The van der Waals surface area contributed by atoms with E-state index in [-0.39, 0.29) is 4.47 Å². The Labute approximate surface area is 108 Å². The zero-order valence-electron chi connectivity index (χ0n) is 8.92. The highest BCUT2D eigenvalue weighted by atomic mass is 79.9. The van der Waals surface area contributed by atoms with Gasteiger partial charge in [0.25, 0.3) is 5.56 Å². The molecule has 0 aliphatic carbocycles. The van der Waals surface area contributed by atoms with Gasteiger partial charge in [-0.1, -0.05) is 0 Å². The zero-order chi connectivity index (χ0) is 13.4. The van der Waals surface area contributed by atoms with Crippen molar-refractivity contribution < 1.29 is 19.3 Å². The Kier molecular flexibility index (Phi) is 3.66. The minimum atomic E-state index is -1.88. The molecule has 18 heavy (non-hydrogen) atoms. The standard InChI is InChI=1S/C9H10BrFN2O5/c10-3-1-13(9(17)12-7(3)16)8-5(11)6(15)4(2-14)18-8/h1,4-6,8,14-15H,2H2,(H,12,16,17)/t4-,5+,6?,8-/m1/s1. The normalized spacial score (nSPS) is 31.8. The fraction of sp³-hybridized carbons (Fsp3) is 0.556. The fourth-order valence-electron chi connectivity index (χ4n) is 1.73. The lowest BCUT2D eigenvalue weighted by atomic mass is 10.1. The molecule has 0 radical (unpaired) electrons. The Morgan fingerprint density at radius 2 is 2.22 bits per heavy atom. The molecule has 100 valence electrons. The SMILES string of the molecule is O=c1[nH]c(=O)n([C@@H]2O[C@H](CO)C(O)[C@@H]2F)cc1Br. The van der Waals surface area contributed by atoms with Crippen LogP contribution in [0.25, 0.3) is 0 Å². The van der Waals surface area contributed by atoms with Crippen molar-refractivity contribution >= 4 is 15.9 Å². The van der Waals surface area contributed by atoms with Gasteiger partial charge < -0.3 is 14.9 Å². The van der Waals surface area contributed by atoms with E-state index in [1.807, 2.05) is 4.98 Å². The number of alkyl halides is 1. The van der Waals surface area contributed by atoms with Crippen molar-refractivity contribution in [1.29, 1.82) is 0 Å². The second-order valence-electron chi connectivity index (χ2n) is 3.83. The summed E-state index contributed by atoms with van der Waals surface area (Å²) in [4.78, 5) is 24.6. The van der Waals surface area contributed by atoms with E-state index >= 15 is 0 Å². The maximum absolute atomic E-state index is 13.8. The predicted molar refractivity (Wildman–Crippen MR) is 60.9 cm³/mol. The van der Waals surface area contributed by atoms with Crippen molar-refractivity contribution in [3.05, 3.63) is 31.5 Å². The van der Waals surface area contributed by atoms with Crippen LogP contribution in [0.2, 0.25) is 0 Å². The highest BCUT2D eigenvalue weighted by molar-refractivity contribution is 9.10. The van der Waals surface area contributed by atoms with Crippen molar-refractivity contribution in [1.82, 2.24) is 9.55 Å². The van der Waals surface area contributed by atoms with E-state index in [2.05, 4.69) is 15.9 Å². The van der Waals surface area contributed by atoms with Crippen LogP contribution >= 0.6 is 15.9 Å². The van der Waals surface area contributed by atoms with Crippen LogP contribution in [0.5, 0.6) is 0 Å². The van der Waals surface area contributed by atoms with Gasteiger partial charge in [-0.05, 0) is 15.9 Å². The lowest BCUT2D eigenvalue weighted by Gasteiger charge is -2.15. The lowest BCUT2D eigenvalue weighted by molar-refractivity contribution is -0.0492. The van der Waals surface area contributed by atoms with E-state index in [0.717, 1.165) is 10.8 Å². The molecule has 9 heteroatoms. The van der Waals surface area contributed by atoms with E-state index in [1.165, 1.54) is 0 Å². The van der Waals surface area contributed by atoms with E-state index in [0.29, 0.717) is 0 Å². The first-order valence-corrected chi connectivity index (χ1v) is 5.84. The number of H-pyrrole nitrogens is 1. The summed E-state index contributed by atoms with van der Waals surface area (Å²) in [6.45, 7) is -0.572. The van der Waals surface area contributed by atoms with E-state index in [1.54, 1.807) is 0 Å². The highest BCUT2D eigenvalue weighted by Crippen LogP contribution is 2.30. The van der Waals surface area contributed by atoms with Gasteiger partial charge in [-0.15, -0.1) is 0 Å². The van der Waals surface area contributed by atoms with Gasteiger partial charge in [0.2, 0.25) is 0 Å². The molecule has 1 aromatic rings. The maximum Gasteiger partial charge on any atom is 0.330 e. The number of aliphatic hydroxyl groups is 2. The van der Waals surface area contributed by atoms with E-state index in [9.17, 15) is 19.1 Å². The second kappa shape index (κ2) is 4.92. The molecular formula is C9H10BrFN2O5. The minimum Gasteiger partial charge on any atom is -0.394 e. The summed E-state index contributed by atoms with van der Waals surface area (Å²) >= 11 is 2.90. The fourth-order valence-corrected chi connectivity index (χ4v) is 2.05. The van der Waals surface area contributed by atoms with Crippen LogP contribution in [-0.4, -0.2) is 44.8 Å². The van der Waals surface area contributed by atoms with Gasteiger partial charge >= 0.3 is 5.69 Å². The average Bonchev–Trinajstić information content (AvgIpc) is 2.61. The van der Waals surface area contributed by atoms with E-state index < -0.39 is 42.5 Å². The molecule has 0 amide bonds. The third-order valence-electron chi connectivity index (χ3n) is 2.67. The first-order chi connectivity index (χ1) is 8.45. The first kappa shape index (κ1) is 13.4. The maximum atomic E-state index is 13.8. The second-order valence-corrected chi connectivity index (χ2v) is 4.68. The Balaban J connectivity index is 2.42. The van der Waals surface area contributed by atoms with Crippen molar-refractivity contribution in [3.8, 4) is 0 Å². The molecule has 1 fully saturated rings. The quantitative estimate of drug-likeness (QED) is 0.639. The molecule has 0 saturated carbocycles. The molecule has 0 bridgehead atoms.